The third kappa shape index (κ3) is 6.08. The standard InChI is InChI=1S/C20H18Cl2FO5P/c21-17-8-13(11-29(25,26)27)9-18(22)20(17)28-16-5-6-19(24)14(10-16)7-12-1-3-15(23)4-2-12/h1-6,8,10,13,24H,7,9,11H2,(H2,25,26,27). The van der Waals surface area contributed by atoms with Gasteiger partial charge in [0, 0.05) is 12.0 Å². The lowest BCUT2D eigenvalue weighted by Crippen LogP contribution is -2.12. The summed E-state index contributed by atoms with van der Waals surface area (Å²) in [5, 5.41) is 10.5. The van der Waals surface area contributed by atoms with Gasteiger partial charge in [-0.3, -0.25) is 4.57 Å². The smallest absolute Gasteiger partial charge is 0.326 e. The minimum absolute atomic E-state index is 0.0637. The third-order valence-electron chi connectivity index (χ3n) is 4.34. The van der Waals surface area contributed by atoms with Crippen molar-refractivity contribution < 1.29 is 28.6 Å². The van der Waals surface area contributed by atoms with Gasteiger partial charge in [-0.1, -0.05) is 41.4 Å². The van der Waals surface area contributed by atoms with Crippen molar-refractivity contribution in [3.05, 3.63) is 81.3 Å². The first-order valence-electron chi connectivity index (χ1n) is 8.66. The van der Waals surface area contributed by atoms with Gasteiger partial charge >= 0.3 is 7.60 Å². The lowest BCUT2D eigenvalue weighted by atomic mass is 10.0. The predicted octanol–water partition coefficient (Wildman–Crippen LogP) is 5.27. The number of benzene rings is 2. The van der Waals surface area contributed by atoms with Gasteiger partial charge in [0.05, 0.1) is 16.2 Å². The molecule has 1 atom stereocenters. The van der Waals surface area contributed by atoms with E-state index in [2.05, 4.69) is 0 Å². The van der Waals surface area contributed by atoms with E-state index in [4.69, 9.17) is 37.7 Å². The van der Waals surface area contributed by atoms with E-state index in [1.807, 2.05) is 0 Å². The summed E-state index contributed by atoms with van der Waals surface area (Å²) in [5.41, 5.74) is 1.38. The fourth-order valence-corrected chi connectivity index (χ4v) is 4.59. The maximum absolute atomic E-state index is 13.1. The van der Waals surface area contributed by atoms with Gasteiger partial charge < -0.3 is 19.6 Å². The Morgan fingerprint density at radius 2 is 1.83 bits per heavy atom. The Morgan fingerprint density at radius 1 is 1.14 bits per heavy atom. The minimum Gasteiger partial charge on any atom is -0.508 e. The van der Waals surface area contributed by atoms with E-state index in [0.29, 0.717) is 17.7 Å². The summed E-state index contributed by atoms with van der Waals surface area (Å²) in [6.07, 6.45) is 1.72. The van der Waals surface area contributed by atoms with Crippen molar-refractivity contribution in [2.45, 2.75) is 12.8 Å². The van der Waals surface area contributed by atoms with Crippen LogP contribution >= 0.6 is 30.8 Å². The number of hydrogen-bond acceptors (Lipinski definition) is 3. The number of aromatic hydroxyl groups is 1. The molecule has 0 fully saturated rings. The number of hydrogen-bond donors (Lipinski definition) is 3. The largest absolute Gasteiger partial charge is 0.508 e. The molecule has 0 bridgehead atoms. The SMILES string of the molecule is O=P(O)(O)CC1C=C(Cl)C(Oc2ccc(O)c(Cc3ccc(F)cc3)c2)=C(Cl)C1. The molecule has 1 aliphatic carbocycles. The first-order chi connectivity index (χ1) is 13.6. The van der Waals surface area contributed by atoms with Crippen molar-refractivity contribution >= 4 is 30.8 Å². The van der Waals surface area contributed by atoms with Crippen LogP contribution in [0.3, 0.4) is 0 Å². The first-order valence-corrected chi connectivity index (χ1v) is 11.2. The van der Waals surface area contributed by atoms with E-state index < -0.39 is 13.5 Å². The second kappa shape index (κ2) is 8.90. The van der Waals surface area contributed by atoms with Crippen LogP contribution in [0.15, 0.2) is 64.4 Å². The van der Waals surface area contributed by atoms with E-state index in [0.717, 1.165) is 5.56 Å². The fourth-order valence-electron chi connectivity index (χ4n) is 3.03. The van der Waals surface area contributed by atoms with E-state index in [-0.39, 0.29) is 40.0 Å². The Balaban J connectivity index is 1.78. The Kier molecular flexibility index (Phi) is 6.72. The molecule has 5 nitrogen and oxygen atoms in total. The van der Waals surface area contributed by atoms with Crippen LogP contribution in [-0.2, 0) is 11.0 Å². The predicted molar refractivity (Wildman–Crippen MR) is 110 cm³/mol. The van der Waals surface area contributed by atoms with Crippen molar-refractivity contribution in [2.75, 3.05) is 6.16 Å². The van der Waals surface area contributed by atoms with Crippen LogP contribution < -0.4 is 4.74 Å². The van der Waals surface area contributed by atoms with Gasteiger partial charge in [0.25, 0.3) is 0 Å². The molecule has 29 heavy (non-hydrogen) atoms. The fraction of sp³-hybridized carbons (Fsp3) is 0.200. The van der Waals surface area contributed by atoms with Crippen molar-refractivity contribution in [3.63, 3.8) is 0 Å². The molecule has 1 aliphatic rings. The average molecular weight is 459 g/mol. The molecule has 0 aliphatic heterocycles. The third-order valence-corrected chi connectivity index (χ3v) is 5.91. The molecule has 0 aromatic heterocycles. The molecule has 0 saturated heterocycles. The van der Waals surface area contributed by atoms with Gasteiger partial charge in [0.15, 0.2) is 5.76 Å². The number of rotatable bonds is 6. The summed E-state index contributed by atoms with van der Waals surface area (Å²) in [5.74, 6) is -0.181. The average Bonchev–Trinajstić information content (AvgIpc) is 2.61. The molecule has 0 heterocycles. The lowest BCUT2D eigenvalue weighted by molar-refractivity contribution is 0.365. The van der Waals surface area contributed by atoms with E-state index in [9.17, 15) is 14.1 Å². The zero-order valence-electron chi connectivity index (χ0n) is 15.1. The lowest BCUT2D eigenvalue weighted by Gasteiger charge is -2.22. The number of halogens is 3. The highest BCUT2D eigenvalue weighted by Crippen LogP contribution is 2.43. The molecular formula is C20H18Cl2FO5P. The highest BCUT2D eigenvalue weighted by molar-refractivity contribution is 7.51. The molecule has 0 radical (unpaired) electrons. The Bertz CT molecular complexity index is 1010. The Hall–Kier alpha value is -1.82. The van der Waals surface area contributed by atoms with Crippen molar-refractivity contribution in [3.8, 4) is 11.5 Å². The molecule has 0 saturated carbocycles. The van der Waals surface area contributed by atoms with Crippen LogP contribution in [0.4, 0.5) is 4.39 Å². The topological polar surface area (TPSA) is 87.0 Å². The van der Waals surface area contributed by atoms with Crippen LogP contribution in [0, 0.1) is 11.7 Å². The van der Waals surface area contributed by atoms with Crippen LogP contribution in [0.5, 0.6) is 11.5 Å². The molecule has 0 amide bonds. The molecule has 9 heteroatoms. The summed E-state index contributed by atoms with van der Waals surface area (Å²) >= 11 is 12.5. The van der Waals surface area contributed by atoms with Gasteiger partial charge in [0.2, 0.25) is 0 Å². The molecular weight excluding hydrogens is 441 g/mol. The van der Waals surface area contributed by atoms with E-state index in [1.54, 1.807) is 24.3 Å². The second-order valence-electron chi connectivity index (χ2n) is 6.76. The zero-order chi connectivity index (χ0) is 21.2. The number of allylic oxidation sites excluding steroid dienone is 3. The van der Waals surface area contributed by atoms with Crippen LogP contribution in [0.2, 0.25) is 0 Å². The molecule has 154 valence electrons. The monoisotopic (exact) mass is 458 g/mol. The van der Waals surface area contributed by atoms with Gasteiger partial charge in [-0.2, -0.15) is 0 Å². The molecule has 3 N–H and O–H groups in total. The molecule has 0 spiro atoms. The zero-order valence-corrected chi connectivity index (χ0v) is 17.5. The Labute approximate surface area is 177 Å². The van der Waals surface area contributed by atoms with Crippen LogP contribution in [0.1, 0.15) is 17.5 Å². The second-order valence-corrected chi connectivity index (χ2v) is 9.31. The summed E-state index contributed by atoms with van der Waals surface area (Å²) in [6.45, 7) is 0. The van der Waals surface area contributed by atoms with Gasteiger partial charge in [0.1, 0.15) is 17.3 Å². The summed E-state index contributed by atoms with van der Waals surface area (Å²) < 4.78 is 30.1. The summed E-state index contributed by atoms with van der Waals surface area (Å²) in [7, 11) is -4.20. The summed E-state index contributed by atoms with van der Waals surface area (Å²) in [4.78, 5) is 18.3. The number of phenols is 1. The highest BCUT2D eigenvalue weighted by Gasteiger charge is 2.27. The molecule has 3 rings (SSSR count). The molecule has 2 aromatic carbocycles. The number of ether oxygens (including phenoxy) is 1. The van der Waals surface area contributed by atoms with Gasteiger partial charge in [-0.25, -0.2) is 4.39 Å². The normalized spacial score (nSPS) is 17.3. The van der Waals surface area contributed by atoms with Crippen LogP contribution in [-0.4, -0.2) is 21.1 Å². The minimum atomic E-state index is -4.20. The maximum Gasteiger partial charge on any atom is 0.326 e. The quantitative estimate of drug-likeness (QED) is 0.513. The van der Waals surface area contributed by atoms with Gasteiger partial charge in [-0.05, 0) is 48.2 Å². The van der Waals surface area contributed by atoms with Crippen LogP contribution in [0.25, 0.3) is 0 Å². The highest BCUT2D eigenvalue weighted by atomic mass is 35.5. The van der Waals surface area contributed by atoms with Crippen molar-refractivity contribution in [2.24, 2.45) is 5.92 Å². The first kappa shape index (κ1) is 21.9. The number of phenolic OH excluding ortho intramolecular Hbond substituents is 1. The molecule has 1 unspecified atom stereocenters. The van der Waals surface area contributed by atoms with E-state index >= 15 is 0 Å². The van der Waals surface area contributed by atoms with Crippen molar-refractivity contribution in [1.82, 2.24) is 0 Å². The molecule has 2 aromatic rings. The summed E-state index contributed by atoms with van der Waals surface area (Å²) in [6, 6.07) is 10.6. The van der Waals surface area contributed by atoms with Crippen molar-refractivity contribution in [1.29, 1.82) is 0 Å². The Morgan fingerprint density at radius 3 is 2.45 bits per heavy atom. The maximum atomic E-state index is 13.1. The van der Waals surface area contributed by atoms with E-state index in [1.165, 1.54) is 24.3 Å². The van der Waals surface area contributed by atoms with Gasteiger partial charge in [-0.15, -0.1) is 0 Å².